The minimum Gasteiger partial charge on any atom is -0.466 e. The zero-order valence-corrected chi connectivity index (χ0v) is 10.8. The zero-order chi connectivity index (χ0) is 17.6. The van der Waals surface area contributed by atoms with E-state index >= 15 is 0 Å². The molecule has 0 aliphatic carbocycles. The SMILES string of the molecule is CCOC(=O)[C@@H]1[C@@H](C(F)(F)F)NCC1(C(F)(F)F)C(F)(F)F. The lowest BCUT2D eigenvalue weighted by molar-refractivity contribution is -0.348. The largest absolute Gasteiger partial charge is 0.466 e. The minimum absolute atomic E-state index is 0.661. The highest BCUT2D eigenvalue weighted by Gasteiger charge is 2.81. The highest BCUT2D eigenvalue weighted by Crippen LogP contribution is 2.59. The van der Waals surface area contributed by atoms with Gasteiger partial charge in [-0.15, -0.1) is 0 Å². The third-order valence-electron chi connectivity index (χ3n) is 3.37. The summed E-state index contributed by atoms with van der Waals surface area (Å²) in [5.74, 6) is -5.71. The first-order chi connectivity index (χ1) is 9.70. The van der Waals surface area contributed by atoms with Crippen LogP contribution in [0.25, 0.3) is 0 Å². The number of carbonyl (C=O) groups is 1. The number of hydrogen-bond donors (Lipinski definition) is 1. The van der Waals surface area contributed by atoms with Crippen molar-refractivity contribution in [3.05, 3.63) is 0 Å². The second kappa shape index (κ2) is 5.46. The van der Waals surface area contributed by atoms with Gasteiger partial charge in [0.1, 0.15) is 12.0 Å². The number of carbonyl (C=O) groups excluding carboxylic acids is 1. The van der Waals surface area contributed by atoms with Crippen molar-refractivity contribution in [3.8, 4) is 0 Å². The van der Waals surface area contributed by atoms with E-state index in [4.69, 9.17) is 0 Å². The van der Waals surface area contributed by atoms with Gasteiger partial charge in [0.25, 0.3) is 0 Å². The highest BCUT2D eigenvalue weighted by atomic mass is 19.4. The van der Waals surface area contributed by atoms with Gasteiger partial charge in [0, 0.05) is 6.54 Å². The van der Waals surface area contributed by atoms with Crippen molar-refractivity contribution in [1.29, 1.82) is 0 Å². The predicted octanol–water partition coefficient (Wildman–Crippen LogP) is 2.81. The van der Waals surface area contributed by atoms with E-state index < -0.39 is 55.0 Å². The molecule has 1 rings (SSSR count). The molecule has 1 N–H and O–H groups in total. The normalized spacial score (nSPS) is 26.1. The number of nitrogens with one attached hydrogen (secondary N) is 1. The standard InChI is InChI=1S/C10H10F9NO2/c1-2-22-6(21)4-5(8(11,12)13)20-3-7(4,9(14,15)16)10(17,18)19/h4-5,20H,2-3H2,1H3/t4-,5-/m0/s1. The van der Waals surface area contributed by atoms with Crippen molar-refractivity contribution in [1.82, 2.24) is 5.32 Å². The van der Waals surface area contributed by atoms with E-state index in [1.165, 1.54) is 0 Å². The molecule has 0 radical (unpaired) electrons. The van der Waals surface area contributed by atoms with E-state index in [0.717, 1.165) is 12.2 Å². The molecule has 0 amide bonds. The molecular formula is C10H10F9NO2. The van der Waals surface area contributed by atoms with E-state index in [2.05, 4.69) is 4.74 Å². The summed E-state index contributed by atoms with van der Waals surface area (Å²) >= 11 is 0. The maximum Gasteiger partial charge on any atom is 0.405 e. The molecule has 3 nitrogen and oxygen atoms in total. The van der Waals surface area contributed by atoms with Crippen LogP contribution in [0, 0.1) is 11.3 Å². The smallest absolute Gasteiger partial charge is 0.405 e. The summed E-state index contributed by atoms with van der Waals surface area (Å²) in [6, 6.07) is -3.31. The summed E-state index contributed by atoms with van der Waals surface area (Å²) in [6.07, 6.45) is -17.7. The molecule has 1 aliphatic heterocycles. The van der Waals surface area contributed by atoms with E-state index in [1.54, 1.807) is 0 Å². The number of rotatable bonds is 2. The Morgan fingerprint density at radius 1 is 1.09 bits per heavy atom. The van der Waals surface area contributed by atoms with Crippen molar-refractivity contribution in [2.24, 2.45) is 11.3 Å². The molecule has 0 aromatic carbocycles. The Labute approximate surface area is 117 Å². The Kier molecular flexibility index (Phi) is 4.68. The average molecular weight is 347 g/mol. The first-order valence-electron chi connectivity index (χ1n) is 5.80. The lowest BCUT2D eigenvalue weighted by Crippen LogP contribution is -2.59. The third-order valence-corrected chi connectivity index (χ3v) is 3.37. The van der Waals surface area contributed by atoms with Gasteiger partial charge in [0.05, 0.1) is 6.61 Å². The van der Waals surface area contributed by atoms with Gasteiger partial charge in [-0.05, 0) is 6.92 Å². The van der Waals surface area contributed by atoms with Crippen LogP contribution in [0.15, 0.2) is 0 Å². The van der Waals surface area contributed by atoms with Crippen LogP contribution in [-0.2, 0) is 9.53 Å². The molecule has 0 unspecified atom stereocenters. The molecule has 0 saturated carbocycles. The third kappa shape index (κ3) is 2.84. The maximum absolute atomic E-state index is 13.0. The summed E-state index contributed by atoms with van der Waals surface area (Å²) < 4.78 is 120. The van der Waals surface area contributed by atoms with Crippen LogP contribution in [0.1, 0.15) is 6.92 Å². The molecule has 130 valence electrons. The van der Waals surface area contributed by atoms with Crippen LogP contribution < -0.4 is 5.32 Å². The van der Waals surface area contributed by atoms with Gasteiger partial charge >= 0.3 is 24.5 Å². The molecule has 2 atom stereocenters. The summed E-state index contributed by atoms with van der Waals surface area (Å²) in [4.78, 5) is 11.4. The fourth-order valence-corrected chi connectivity index (χ4v) is 2.37. The highest BCUT2D eigenvalue weighted by molar-refractivity contribution is 5.75. The Morgan fingerprint density at radius 2 is 1.55 bits per heavy atom. The van der Waals surface area contributed by atoms with E-state index in [9.17, 15) is 44.3 Å². The molecular weight excluding hydrogens is 337 g/mol. The number of esters is 1. The van der Waals surface area contributed by atoms with E-state index in [-0.39, 0.29) is 0 Å². The van der Waals surface area contributed by atoms with Crippen LogP contribution in [0.4, 0.5) is 39.5 Å². The van der Waals surface area contributed by atoms with Crippen LogP contribution in [0.2, 0.25) is 0 Å². The molecule has 0 spiro atoms. The summed E-state index contributed by atoms with van der Waals surface area (Å²) in [7, 11) is 0. The summed E-state index contributed by atoms with van der Waals surface area (Å²) in [5.41, 5.74) is -4.87. The van der Waals surface area contributed by atoms with E-state index in [1.807, 2.05) is 0 Å². The maximum atomic E-state index is 13.0. The molecule has 12 heteroatoms. The van der Waals surface area contributed by atoms with Gasteiger partial charge in [-0.25, -0.2) is 0 Å². The van der Waals surface area contributed by atoms with E-state index in [0.29, 0.717) is 0 Å². The van der Waals surface area contributed by atoms with Gasteiger partial charge in [-0.2, -0.15) is 39.5 Å². The van der Waals surface area contributed by atoms with Crippen molar-refractivity contribution in [2.75, 3.05) is 13.2 Å². The van der Waals surface area contributed by atoms with Crippen LogP contribution in [0.5, 0.6) is 0 Å². The summed E-state index contributed by atoms with van der Waals surface area (Å²) in [5, 5.41) is 1.12. The molecule has 22 heavy (non-hydrogen) atoms. The molecule has 0 aromatic rings. The number of hydrogen-bond acceptors (Lipinski definition) is 3. The zero-order valence-electron chi connectivity index (χ0n) is 10.8. The number of ether oxygens (including phenoxy) is 1. The summed E-state index contributed by atoms with van der Waals surface area (Å²) in [6.45, 7) is -1.73. The van der Waals surface area contributed by atoms with Crippen LogP contribution in [-0.4, -0.2) is 43.7 Å². The quantitative estimate of drug-likeness (QED) is 0.617. The Hall–Kier alpha value is -1.20. The van der Waals surface area contributed by atoms with Crippen molar-refractivity contribution >= 4 is 5.97 Å². The van der Waals surface area contributed by atoms with Crippen molar-refractivity contribution < 1.29 is 49.0 Å². The lowest BCUT2D eigenvalue weighted by Gasteiger charge is -2.37. The first-order valence-corrected chi connectivity index (χ1v) is 5.80. The Morgan fingerprint density at radius 3 is 1.86 bits per heavy atom. The second-order valence-electron chi connectivity index (χ2n) is 4.60. The van der Waals surface area contributed by atoms with Crippen LogP contribution >= 0.6 is 0 Å². The average Bonchev–Trinajstić information content (AvgIpc) is 2.68. The fourth-order valence-electron chi connectivity index (χ4n) is 2.37. The molecule has 1 saturated heterocycles. The van der Waals surface area contributed by atoms with Gasteiger partial charge in [0.15, 0.2) is 5.41 Å². The minimum atomic E-state index is -6.13. The number of alkyl halides is 9. The second-order valence-corrected chi connectivity index (χ2v) is 4.60. The monoisotopic (exact) mass is 347 g/mol. The van der Waals surface area contributed by atoms with Crippen LogP contribution in [0.3, 0.4) is 0 Å². The topological polar surface area (TPSA) is 38.3 Å². The molecule has 0 bridgehead atoms. The first kappa shape index (κ1) is 18.8. The lowest BCUT2D eigenvalue weighted by atomic mass is 9.73. The molecule has 0 aromatic heterocycles. The molecule has 1 heterocycles. The van der Waals surface area contributed by atoms with Gasteiger partial charge < -0.3 is 10.1 Å². The van der Waals surface area contributed by atoms with Gasteiger partial charge in [0.2, 0.25) is 0 Å². The van der Waals surface area contributed by atoms with Crippen molar-refractivity contribution in [2.45, 2.75) is 31.5 Å². The molecule has 1 fully saturated rings. The Balaban J connectivity index is 3.52. The van der Waals surface area contributed by atoms with Crippen molar-refractivity contribution in [3.63, 3.8) is 0 Å². The Bertz CT molecular complexity index is 412. The number of halogens is 9. The molecule has 1 aliphatic rings. The van der Waals surface area contributed by atoms with Gasteiger partial charge in [-0.1, -0.05) is 0 Å². The predicted molar refractivity (Wildman–Crippen MR) is 52.5 cm³/mol. The fraction of sp³-hybridized carbons (Fsp3) is 0.900. The van der Waals surface area contributed by atoms with Gasteiger partial charge in [-0.3, -0.25) is 4.79 Å².